The van der Waals surface area contributed by atoms with E-state index in [4.69, 9.17) is 0 Å². The summed E-state index contributed by atoms with van der Waals surface area (Å²) in [6, 6.07) is 8.58. The van der Waals surface area contributed by atoms with Crippen LogP contribution in [-0.4, -0.2) is 6.04 Å². The number of anilines is 1. The molecule has 92 valence electrons. The Bertz CT molecular complexity index is 354. The molecule has 1 rings (SSSR count). The third-order valence-corrected chi connectivity index (χ3v) is 2.92. The summed E-state index contributed by atoms with van der Waals surface area (Å²) in [7, 11) is 0. The minimum absolute atomic E-state index is 0.350. The summed E-state index contributed by atoms with van der Waals surface area (Å²) in [5, 5.41) is 3.52. The second-order valence-corrected chi connectivity index (χ2v) is 4.27. The molecule has 1 nitrogen and oxygen atoms in total. The summed E-state index contributed by atoms with van der Waals surface area (Å²) in [5.74, 6) is 0. The lowest BCUT2D eigenvalue weighted by Gasteiger charge is -2.17. The molecule has 17 heavy (non-hydrogen) atoms. The van der Waals surface area contributed by atoms with Crippen molar-refractivity contribution in [3.63, 3.8) is 0 Å². The lowest BCUT2D eigenvalue weighted by molar-refractivity contribution is 0.642. The zero-order chi connectivity index (χ0) is 12.5. The predicted octanol–water partition coefficient (Wildman–Crippen LogP) is 4.88. The van der Waals surface area contributed by atoms with Crippen LogP contribution in [0.4, 0.5) is 5.69 Å². The molecule has 0 saturated carbocycles. The first kappa shape index (κ1) is 13.6. The summed E-state index contributed by atoms with van der Waals surface area (Å²) in [5.41, 5.74) is 2.29. The second kappa shape index (κ2) is 7.72. The molecule has 0 aromatic heterocycles. The second-order valence-electron chi connectivity index (χ2n) is 4.27. The van der Waals surface area contributed by atoms with Crippen LogP contribution in [-0.2, 0) is 0 Å². The number of para-hydroxylation sites is 1. The van der Waals surface area contributed by atoms with Gasteiger partial charge in [0.25, 0.3) is 0 Å². The van der Waals surface area contributed by atoms with Crippen LogP contribution >= 0.6 is 0 Å². The van der Waals surface area contributed by atoms with E-state index < -0.39 is 0 Å². The molecule has 1 aromatic rings. The predicted molar refractivity (Wildman–Crippen MR) is 78.3 cm³/mol. The smallest absolute Gasteiger partial charge is 0.0442 e. The van der Waals surface area contributed by atoms with Crippen LogP contribution in [0.3, 0.4) is 0 Å². The zero-order valence-corrected chi connectivity index (χ0v) is 10.8. The molecular weight excluding hydrogens is 206 g/mol. The monoisotopic (exact) mass is 229 g/mol. The van der Waals surface area contributed by atoms with E-state index in [1.165, 1.54) is 19.3 Å². The highest BCUT2D eigenvalue weighted by Gasteiger charge is 2.05. The van der Waals surface area contributed by atoms with Crippen molar-refractivity contribution < 1.29 is 0 Å². The quantitative estimate of drug-likeness (QED) is 0.495. The Kier molecular flexibility index (Phi) is 6.16. The fourth-order valence-electron chi connectivity index (χ4n) is 1.87. The van der Waals surface area contributed by atoms with Crippen molar-refractivity contribution in [2.24, 2.45) is 0 Å². The molecule has 1 heteroatoms. The summed E-state index contributed by atoms with van der Waals surface area (Å²) in [6.07, 6.45) is 8.81. The van der Waals surface area contributed by atoms with Crippen LogP contribution in [0, 0.1) is 0 Å². The molecule has 1 atom stereocenters. The van der Waals surface area contributed by atoms with Gasteiger partial charge in [0.15, 0.2) is 0 Å². The maximum absolute atomic E-state index is 3.90. The average molecular weight is 229 g/mol. The van der Waals surface area contributed by atoms with Crippen LogP contribution in [0.25, 0.3) is 6.08 Å². The fourth-order valence-corrected chi connectivity index (χ4v) is 1.87. The lowest BCUT2D eigenvalue weighted by Crippen LogP contribution is -2.16. The molecule has 0 bridgehead atoms. The van der Waals surface area contributed by atoms with Crippen molar-refractivity contribution in [3.8, 4) is 0 Å². The van der Waals surface area contributed by atoms with Gasteiger partial charge < -0.3 is 5.32 Å². The molecule has 1 aromatic carbocycles. The number of hydrogen-bond donors (Lipinski definition) is 1. The van der Waals surface area contributed by atoms with E-state index in [0.29, 0.717) is 6.04 Å². The van der Waals surface area contributed by atoms with Crippen molar-refractivity contribution in [2.45, 2.75) is 38.6 Å². The highest BCUT2D eigenvalue weighted by atomic mass is 14.9. The van der Waals surface area contributed by atoms with Crippen LogP contribution in [0.5, 0.6) is 0 Å². The molecule has 0 amide bonds. The number of hydrogen-bond acceptors (Lipinski definition) is 1. The molecule has 1 N–H and O–H groups in total. The Morgan fingerprint density at radius 1 is 1.24 bits per heavy atom. The summed E-state index contributed by atoms with van der Waals surface area (Å²) < 4.78 is 0. The minimum atomic E-state index is 0.350. The number of rotatable bonds is 8. The van der Waals surface area contributed by atoms with E-state index in [0.717, 1.165) is 17.7 Å². The SMILES string of the molecule is C=Cc1ccccc1N[C@@H](C=C)CCCCC. The summed E-state index contributed by atoms with van der Waals surface area (Å²) in [6.45, 7) is 9.96. The van der Waals surface area contributed by atoms with Gasteiger partial charge in [-0.1, -0.05) is 63.1 Å². The first-order valence-electron chi connectivity index (χ1n) is 6.42. The van der Waals surface area contributed by atoms with E-state index in [9.17, 15) is 0 Å². The van der Waals surface area contributed by atoms with Gasteiger partial charge >= 0.3 is 0 Å². The molecule has 0 heterocycles. The van der Waals surface area contributed by atoms with Crippen molar-refractivity contribution in [3.05, 3.63) is 49.1 Å². The Labute approximate surface area is 105 Å². The van der Waals surface area contributed by atoms with Crippen LogP contribution in [0.15, 0.2) is 43.5 Å². The molecule has 0 aliphatic rings. The Hall–Kier alpha value is -1.50. The average Bonchev–Trinajstić information content (AvgIpc) is 2.38. The van der Waals surface area contributed by atoms with Crippen molar-refractivity contribution >= 4 is 11.8 Å². The van der Waals surface area contributed by atoms with Gasteiger partial charge in [-0.3, -0.25) is 0 Å². The van der Waals surface area contributed by atoms with E-state index in [1.54, 1.807) is 0 Å². The van der Waals surface area contributed by atoms with Gasteiger partial charge in [-0.25, -0.2) is 0 Å². The highest BCUT2D eigenvalue weighted by Crippen LogP contribution is 2.19. The van der Waals surface area contributed by atoms with Crippen molar-refractivity contribution in [1.82, 2.24) is 0 Å². The van der Waals surface area contributed by atoms with Crippen LogP contribution in [0.2, 0.25) is 0 Å². The van der Waals surface area contributed by atoms with Crippen LogP contribution in [0.1, 0.15) is 38.2 Å². The van der Waals surface area contributed by atoms with Crippen LogP contribution < -0.4 is 5.32 Å². The zero-order valence-electron chi connectivity index (χ0n) is 10.8. The summed E-state index contributed by atoms with van der Waals surface area (Å²) >= 11 is 0. The van der Waals surface area contributed by atoms with Gasteiger partial charge in [-0.15, -0.1) is 6.58 Å². The molecule has 0 unspecified atom stereocenters. The third kappa shape index (κ3) is 4.48. The molecule has 0 aliphatic heterocycles. The van der Waals surface area contributed by atoms with E-state index in [-0.39, 0.29) is 0 Å². The van der Waals surface area contributed by atoms with Gasteiger partial charge in [0.2, 0.25) is 0 Å². The fraction of sp³-hybridized carbons (Fsp3) is 0.375. The van der Waals surface area contributed by atoms with Gasteiger partial charge in [0.1, 0.15) is 0 Å². The van der Waals surface area contributed by atoms with Gasteiger partial charge in [-0.05, 0) is 18.1 Å². The topological polar surface area (TPSA) is 12.0 Å². The van der Waals surface area contributed by atoms with Gasteiger partial charge in [-0.2, -0.15) is 0 Å². The minimum Gasteiger partial charge on any atom is -0.378 e. The Morgan fingerprint density at radius 2 is 2.00 bits per heavy atom. The van der Waals surface area contributed by atoms with Crippen molar-refractivity contribution in [1.29, 1.82) is 0 Å². The Morgan fingerprint density at radius 3 is 2.65 bits per heavy atom. The van der Waals surface area contributed by atoms with E-state index in [2.05, 4.69) is 37.5 Å². The number of benzene rings is 1. The largest absolute Gasteiger partial charge is 0.378 e. The standard InChI is InChI=1S/C16H23N/c1-4-7-8-12-15(6-3)17-16-13-10-9-11-14(16)5-2/h5-6,9-11,13,15,17H,2-4,7-8,12H2,1H3/t15-/m0/s1. The maximum Gasteiger partial charge on any atom is 0.0442 e. The number of unbranched alkanes of at least 4 members (excludes halogenated alkanes) is 2. The first-order valence-corrected chi connectivity index (χ1v) is 6.42. The third-order valence-electron chi connectivity index (χ3n) is 2.92. The highest BCUT2D eigenvalue weighted by molar-refractivity contribution is 5.65. The normalized spacial score (nSPS) is 11.8. The van der Waals surface area contributed by atoms with E-state index >= 15 is 0 Å². The van der Waals surface area contributed by atoms with Gasteiger partial charge in [0, 0.05) is 11.7 Å². The van der Waals surface area contributed by atoms with E-state index in [1.807, 2.05) is 24.3 Å². The Balaban J connectivity index is 2.60. The first-order chi connectivity index (χ1) is 8.31. The maximum atomic E-state index is 3.90. The lowest BCUT2D eigenvalue weighted by atomic mass is 10.1. The molecular formula is C16H23N. The molecule has 0 radical (unpaired) electrons. The summed E-state index contributed by atoms with van der Waals surface area (Å²) in [4.78, 5) is 0. The molecule has 0 spiro atoms. The van der Waals surface area contributed by atoms with Gasteiger partial charge in [0.05, 0.1) is 0 Å². The molecule has 0 saturated heterocycles. The molecule has 0 aliphatic carbocycles. The van der Waals surface area contributed by atoms with Crippen molar-refractivity contribution in [2.75, 3.05) is 5.32 Å². The number of nitrogens with one attached hydrogen (secondary N) is 1. The molecule has 0 fully saturated rings.